The maximum atomic E-state index is 12.6. The van der Waals surface area contributed by atoms with Gasteiger partial charge in [0.25, 0.3) is 0 Å². The zero-order valence-corrected chi connectivity index (χ0v) is 14.0. The predicted molar refractivity (Wildman–Crippen MR) is 90.8 cm³/mol. The van der Waals surface area contributed by atoms with E-state index in [1.165, 1.54) is 5.56 Å². The predicted octanol–water partition coefficient (Wildman–Crippen LogP) is 2.32. The molecular formula is C19H28N2O2. The number of hydrogen-bond acceptors (Lipinski definition) is 3. The van der Waals surface area contributed by atoms with E-state index in [1.54, 1.807) is 0 Å². The van der Waals surface area contributed by atoms with E-state index < -0.39 is 0 Å². The average Bonchev–Trinajstić information content (AvgIpc) is 2.96. The van der Waals surface area contributed by atoms with Gasteiger partial charge in [0.05, 0.1) is 12.1 Å². The second-order valence-electron chi connectivity index (χ2n) is 7.40. The lowest BCUT2D eigenvalue weighted by Gasteiger charge is -2.39. The van der Waals surface area contributed by atoms with Crippen LogP contribution in [0.15, 0.2) is 30.3 Å². The first-order chi connectivity index (χ1) is 11.1. The molecule has 2 aliphatic rings. The van der Waals surface area contributed by atoms with Crippen LogP contribution in [0.1, 0.15) is 44.6 Å². The van der Waals surface area contributed by atoms with Gasteiger partial charge >= 0.3 is 0 Å². The van der Waals surface area contributed by atoms with Gasteiger partial charge in [-0.25, -0.2) is 0 Å². The fourth-order valence-corrected chi connectivity index (χ4v) is 3.72. The number of piperidine rings is 1. The van der Waals surface area contributed by atoms with Crippen molar-refractivity contribution in [2.24, 2.45) is 5.41 Å². The summed E-state index contributed by atoms with van der Waals surface area (Å²) in [5, 5.41) is 13.0. The summed E-state index contributed by atoms with van der Waals surface area (Å²) in [7, 11) is 0. The van der Waals surface area contributed by atoms with E-state index in [9.17, 15) is 9.90 Å². The number of carbonyl (C=O) groups excluding carboxylic acids is 1. The van der Waals surface area contributed by atoms with Crippen molar-refractivity contribution in [3.8, 4) is 0 Å². The third kappa shape index (κ3) is 3.93. The number of nitrogens with zero attached hydrogens (tertiary/aromatic N) is 1. The van der Waals surface area contributed by atoms with Crippen molar-refractivity contribution in [3.63, 3.8) is 0 Å². The molecule has 1 amide bonds. The van der Waals surface area contributed by atoms with Crippen LogP contribution in [-0.4, -0.2) is 41.1 Å². The van der Waals surface area contributed by atoms with Crippen LogP contribution in [0.25, 0.3) is 0 Å². The zero-order chi connectivity index (χ0) is 16.3. The number of likely N-dealkylation sites (tertiary alicyclic amines) is 1. The summed E-state index contributed by atoms with van der Waals surface area (Å²) in [6.07, 6.45) is 4.13. The maximum Gasteiger partial charge on any atom is 0.226 e. The van der Waals surface area contributed by atoms with Crippen molar-refractivity contribution in [2.75, 3.05) is 13.1 Å². The molecule has 2 fully saturated rings. The van der Waals surface area contributed by atoms with E-state index in [-0.39, 0.29) is 23.5 Å². The minimum atomic E-state index is -0.360. The van der Waals surface area contributed by atoms with Gasteiger partial charge in [-0.1, -0.05) is 37.3 Å². The van der Waals surface area contributed by atoms with Gasteiger partial charge in [-0.15, -0.1) is 0 Å². The molecule has 3 rings (SSSR count). The van der Waals surface area contributed by atoms with Gasteiger partial charge in [0, 0.05) is 12.0 Å². The highest BCUT2D eigenvalue weighted by Gasteiger charge is 2.39. The number of hydrogen-bond donors (Lipinski definition) is 2. The Labute approximate surface area is 138 Å². The van der Waals surface area contributed by atoms with Crippen LogP contribution in [0.4, 0.5) is 0 Å². The molecule has 1 aromatic rings. The van der Waals surface area contributed by atoms with Crippen LogP contribution in [0.5, 0.6) is 0 Å². The van der Waals surface area contributed by atoms with Crippen LogP contribution >= 0.6 is 0 Å². The van der Waals surface area contributed by atoms with Crippen LogP contribution in [-0.2, 0) is 11.3 Å². The first-order valence-electron chi connectivity index (χ1n) is 8.82. The molecule has 126 valence electrons. The maximum absolute atomic E-state index is 12.6. The zero-order valence-electron chi connectivity index (χ0n) is 14.0. The quantitative estimate of drug-likeness (QED) is 0.896. The topological polar surface area (TPSA) is 52.6 Å². The molecule has 1 aliphatic heterocycles. The molecule has 1 heterocycles. The first kappa shape index (κ1) is 16.5. The molecule has 1 aliphatic carbocycles. The normalized spacial score (nSPS) is 27.7. The Balaban J connectivity index is 1.51. The summed E-state index contributed by atoms with van der Waals surface area (Å²) in [5.74, 6) is 0.128. The molecule has 1 saturated heterocycles. The highest BCUT2D eigenvalue weighted by Crippen LogP contribution is 2.32. The van der Waals surface area contributed by atoms with Crippen molar-refractivity contribution < 1.29 is 9.90 Å². The summed E-state index contributed by atoms with van der Waals surface area (Å²) in [4.78, 5) is 15.1. The van der Waals surface area contributed by atoms with E-state index in [1.807, 2.05) is 6.07 Å². The van der Waals surface area contributed by atoms with Crippen molar-refractivity contribution >= 4 is 5.91 Å². The number of benzene rings is 1. The van der Waals surface area contributed by atoms with Gasteiger partial charge in [0.1, 0.15) is 0 Å². The molecule has 4 nitrogen and oxygen atoms in total. The molecule has 2 atom stereocenters. The van der Waals surface area contributed by atoms with Gasteiger partial charge in [-0.2, -0.15) is 0 Å². The molecule has 2 N–H and O–H groups in total. The van der Waals surface area contributed by atoms with E-state index in [0.29, 0.717) is 0 Å². The van der Waals surface area contributed by atoms with E-state index >= 15 is 0 Å². The highest BCUT2D eigenvalue weighted by molar-refractivity contribution is 5.82. The summed E-state index contributed by atoms with van der Waals surface area (Å²) >= 11 is 0. The number of carbonyl (C=O) groups is 1. The van der Waals surface area contributed by atoms with Gasteiger partial charge < -0.3 is 10.4 Å². The van der Waals surface area contributed by atoms with E-state index in [4.69, 9.17) is 0 Å². The Bertz CT molecular complexity index is 523. The van der Waals surface area contributed by atoms with Gasteiger partial charge in [0.2, 0.25) is 5.91 Å². The second-order valence-corrected chi connectivity index (χ2v) is 7.40. The molecular weight excluding hydrogens is 288 g/mol. The minimum absolute atomic E-state index is 0.0401. The summed E-state index contributed by atoms with van der Waals surface area (Å²) in [6.45, 7) is 4.93. The lowest BCUT2D eigenvalue weighted by atomic mass is 9.79. The number of rotatable bonds is 4. The minimum Gasteiger partial charge on any atom is -0.391 e. The van der Waals surface area contributed by atoms with E-state index in [2.05, 4.69) is 41.4 Å². The van der Waals surface area contributed by atoms with E-state index in [0.717, 1.165) is 51.7 Å². The van der Waals surface area contributed by atoms with Crippen molar-refractivity contribution in [3.05, 3.63) is 35.9 Å². The van der Waals surface area contributed by atoms with Crippen molar-refractivity contribution in [2.45, 2.75) is 57.7 Å². The molecule has 1 saturated carbocycles. The Kier molecular flexibility index (Phi) is 5.02. The largest absolute Gasteiger partial charge is 0.391 e. The molecule has 0 radical (unpaired) electrons. The summed E-state index contributed by atoms with van der Waals surface area (Å²) < 4.78 is 0. The third-order valence-electron chi connectivity index (χ3n) is 5.55. The molecule has 0 bridgehead atoms. The Morgan fingerprint density at radius 2 is 1.96 bits per heavy atom. The Hall–Kier alpha value is -1.39. The smallest absolute Gasteiger partial charge is 0.226 e. The summed E-state index contributed by atoms with van der Waals surface area (Å²) in [5.41, 5.74) is 1.03. The number of aliphatic hydroxyl groups excluding tert-OH is 1. The third-order valence-corrected chi connectivity index (χ3v) is 5.55. The van der Waals surface area contributed by atoms with Crippen LogP contribution in [0, 0.1) is 5.41 Å². The van der Waals surface area contributed by atoms with Crippen LogP contribution in [0.3, 0.4) is 0 Å². The Morgan fingerprint density at radius 1 is 1.26 bits per heavy atom. The molecule has 0 aromatic heterocycles. The molecule has 0 unspecified atom stereocenters. The summed E-state index contributed by atoms with van der Waals surface area (Å²) in [6, 6.07) is 10.5. The lowest BCUT2D eigenvalue weighted by Crippen LogP contribution is -2.51. The SMILES string of the molecule is CC1(C(=O)N[C@@H]2CCC[C@H]2O)CCN(Cc2ccccc2)CC1. The monoisotopic (exact) mass is 316 g/mol. The first-order valence-corrected chi connectivity index (χ1v) is 8.82. The second kappa shape index (κ2) is 7.02. The molecule has 23 heavy (non-hydrogen) atoms. The van der Waals surface area contributed by atoms with Crippen LogP contribution in [0.2, 0.25) is 0 Å². The number of amides is 1. The van der Waals surface area contributed by atoms with Gasteiger partial charge in [0.15, 0.2) is 0 Å². The standard InChI is InChI=1S/C19H28N2O2/c1-19(18(23)20-16-8-5-9-17(16)22)10-12-21(13-11-19)14-15-6-3-2-4-7-15/h2-4,6-7,16-17,22H,5,8-14H2,1H3,(H,20,23)/t16-,17-/m1/s1. The van der Waals surface area contributed by atoms with Crippen LogP contribution < -0.4 is 5.32 Å². The fourth-order valence-electron chi connectivity index (χ4n) is 3.72. The molecule has 4 heteroatoms. The molecule has 0 spiro atoms. The molecule has 1 aromatic carbocycles. The van der Waals surface area contributed by atoms with Crippen molar-refractivity contribution in [1.29, 1.82) is 0 Å². The van der Waals surface area contributed by atoms with Gasteiger partial charge in [-0.3, -0.25) is 9.69 Å². The average molecular weight is 316 g/mol. The fraction of sp³-hybridized carbons (Fsp3) is 0.632. The Morgan fingerprint density at radius 3 is 2.57 bits per heavy atom. The lowest BCUT2D eigenvalue weighted by molar-refractivity contribution is -0.134. The highest BCUT2D eigenvalue weighted by atomic mass is 16.3. The number of aliphatic hydroxyl groups is 1. The number of nitrogens with one attached hydrogen (secondary N) is 1. The van der Waals surface area contributed by atoms with Gasteiger partial charge in [-0.05, 0) is 50.8 Å². The van der Waals surface area contributed by atoms with Crippen molar-refractivity contribution in [1.82, 2.24) is 10.2 Å².